The van der Waals surface area contributed by atoms with E-state index >= 15 is 0 Å². The van der Waals surface area contributed by atoms with E-state index in [4.69, 9.17) is 0 Å². The lowest BCUT2D eigenvalue weighted by atomic mass is 9.69. The second kappa shape index (κ2) is 4.69. The number of hydrogen-bond acceptors (Lipinski definition) is 0. The highest BCUT2D eigenvalue weighted by molar-refractivity contribution is 14.1. The summed E-state index contributed by atoms with van der Waals surface area (Å²) in [6.45, 7) is 4.72. The van der Waals surface area contributed by atoms with Crippen LogP contribution in [0.3, 0.4) is 0 Å². The molecule has 0 aromatic carbocycles. The maximum Gasteiger partial charge on any atom is 0.0877 e. The smallest absolute Gasteiger partial charge is 0.0877 e. The monoisotopic (exact) mass is 402 g/mol. The standard InChI is InChI=1S/C11H16I2/c1-10(2)6-3-4-7-11(10,13)8-5-9-12/h3-4,6-7,9H2,1-2H3. The Morgan fingerprint density at radius 2 is 1.85 bits per heavy atom. The number of rotatable bonds is 0. The third-order valence-electron chi connectivity index (χ3n) is 3.00. The Morgan fingerprint density at radius 3 is 2.38 bits per heavy atom. The molecular formula is C11H16I2. The molecule has 1 aliphatic rings. The molecule has 1 aliphatic carbocycles. The molecule has 1 fully saturated rings. The summed E-state index contributed by atoms with van der Waals surface area (Å²) in [5.41, 5.74) is 0.393. The zero-order valence-electron chi connectivity index (χ0n) is 8.29. The molecule has 0 amide bonds. The van der Waals surface area contributed by atoms with Crippen molar-refractivity contribution >= 4 is 45.2 Å². The van der Waals surface area contributed by atoms with Crippen molar-refractivity contribution in [2.45, 2.75) is 43.0 Å². The molecule has 0 radical (unpaired) electrons. The molecule has 0 nitrogen and oxygen atoms in total. The summed E-state index contributed by atoms with van der Waals surface area (Å²) in [5, 5.41) is 0. The SMILES string of the molecule is CC1(C)CCCCC1(I)C#CCI. The summed E-state index contributed by atoms with van der Waals surface area (Å²) in [5.74, 6) is 6.71. The minimum Gasteiger partial charge on any atom is -0.0912 e. The predicted octanol–water partition coefficient (Wildman–Crippen LogP) is 4.20. The van der Waals surface area contributed by atoms with Crippen LogP contribution in [0, 0.1) is 17.3 Å². The summed E-state index contributed by atoms with van der Waals surface area (Å²) >= 11 is 4.90. The minimum atomic E-state index is 0.230. The van der Waals surface area contributed by atoms with Crippen LogP contribution in [-0.2, 0) is 0 Å². The maximum absolute atomic E-state index is 3.47. The van der Waals surface area contributed by atoms with Gasteiger partial charge in [-0.1, -0.05) is 83.7 Å². The molecule has 0 saturated heterocycles. The van der Waals surface area contributed by atoms with E-state index in [1.807, 2.05) is 0 Å². The molecule has 0 spiro atoms. The Bertz CT molecular complexity index is 234. The van der Waals surface area contributed by atoms with E-state index in [-0.39, 0.29) is 3.42 Å². The van der Waals surface area contributed by atoms with Crippen molar-refractivity contribution in [3.8, 4) is 11.8 Å². The largest absolute Gasteiger partial charge is 0.0912 e. The van der Waals surface area contributed by atoms with Crippen molar-refractivity contribution in [1.29, 1.82) is 0 Å². The highest BCUT2D eigenvalue weighted by Crippen LogP contribution is 2.49. The first-order valence-corrected chi connectivity index (χ1v) is 7.37. The number of alkyl halides is 2. The molecule has 0 aliphatic heterocycles. The van der Waals surface area contributed by atoms with Gasteiger partial charge < -0.3 is 0 Å². The molecule has 0 aromatic heterocycles. The van der Waals surface area contributed by atoms with Gasteiger partial charge in [-0.05, 0) is 18.3 Å². The molecule has 1 unspecified atom stereocenters. The van der Waals surface area contributed by atoms with E-state index in [0.717, 1.165) is 4.43 Å². The van der Waals surface area contributed by atoms with E-state index < -0.39 is 0 Å². The van der Waals surface area contributed by atoms with Crippen LogP contribution in [0.15, 0.2) is 0 Å². The Morgan fingerprint density at radius 1 is 1.23 bits per heavy atom. The lowest BCUT2D eigenvalue weighted by Crippen LogP contribution is -2.40. The minimum absolute atomic E-state index is 0.230. The van der Waals surface area contributed by atoms with Crippen LogP contribution in [-0.4, -0.2) is 7.85 Å². The van der Waals surface area contributed by atoms with Gasteiger partial charge in [0, 0.05) is 0 Å². The van der Waals surface area contributed by atoms with Crippen LogP contribution in [0.4, 0.5) is 0 Å². The van der Waals surface area contributed by atoms with Crippen LogP contribution in [0.25, 0.3) is 0 Å². The fraction of sp³-hybridized carbons (Fsp3) is 0.818. The van der Waals surface area contributed by atoms with Crippen LogP contribution in [0.5, 0.6) is 0 Å². The van der Waals surface area contributed by atoms with Gasteiger partial charge in [0.05, 0.1) is 7.85 Å². The van der Waals surface area contributed by atoms with Gasteiger partial charge in [-0.2, -0.15) is 0 Å². The third kappa shape index (κ3) is 2.74. The zero-order chi connectivity index (χ0) is 9.95. The highest BCUT2D eigenvalue weighted by Gasteiger charge is 2.43. The third-order valence-corrected chi connectivity index (χ3v) is 5.65. The summed E-state index contributed by atoms with van der Waals surface area (Å²) in [6, 6.07) is 0. The van der Waals surface area contributed by atoms with Gasteiger partial charge >= 0.3 is 0 Å². The molecule has 13 heavy (non-hydrogen) atoms. The molecule has 0 bridgehead atoms. The van der Waals surface area contributed by atoms with Crippen LogP contribution >= 0.6 is 45.2 Å². The molecule has 0 N–H and O–H groups in total. The molecule has 0 aromatic rings. The van der Waals surface area contributed by atoms with Gasteiger partial charge in [-0.3, -0.25) is 0 Å². The van der Waals surface area contributed by atoms with Crippen molar-refractivity contribution in [3.63, 3.8) is 0 Å². The van der Waals surface area contributed by atoms with E-state index in [1.165, 1.54) is 25.7 Å². The van der Waals surface area contributed by atoms with Crippen LogP contribution in [0.2, 0.25) is 0 Å². The fourth-order valence-electron chi connectivity index (χ4n) is 1.88. The van der Waals surface area contributed by atoms with Gasteiger partial charge in [0.2, 0.25) is 0 Å². The summed E-state index contributed by atoms with van der Waals surface area (Å²) in [7, 11) is 0. The second-order valence-corrected chi connectivity index (χ2v) is 6.93. The van der Waals surface area contributed by atoms with Gasteiger partial charge in [0.25, 0.3) is 0 Å². The number of halogens is 2. The molecule has 74 valence electrons. The van der Waals surface area contributed by atoms with E-state index in [0.29, 0.717) is 5.41 Å². The Balaban J connectivity index is 2.84. The quantitative estimate of drug-likeness (QED) is 0.324. The van der Waals surface area contributed by atoms with Gasteiger partial charge in [0.15, 0.2) is 0 Å². The van der Waals surface area contributed by atoms with Crippen molar-refractivity contribution in [3.05, 3.63) is 0 Å². The maximum atomic E-state index is 3.47. The summed E-state index contributed by atoms with van der Waals surface area (Å²) in [6.07, 6.45) is 5.32. The first-order chi connectivity index (χ1) is 6.02. The normalized spacial score (nSPS) is 32.0. The average molecular weight is 402 g/mol. The first-order valence-electron chi connectivity index (χ1n) is 4.77. The van der Waals surface area contributed by atoms with Crippen LogP contribution in [0.1, 0.15) is 39.5 Å². The Hall–Kier alpha value is 1.02. The lowest BCUT2D eigenvalue weighted by Gasteiger charge is -2.43. The molecule has 1 atom stereocenters. The topological polar surface area (TPSA) is 0 Å². The second-order valence-electron chi connectivity index (χ2n) is 4.33. The lowest BCUT2D eigenvalue weighted by molar-refractivity contribution is 0.225. The van der Waals surface area contributed by atoms with Gasteiger partial charge in [-0.15, -0.1) is 0 Å². The molecule has 1 rings (SSSR count). The Kier molecular flexibility index (Phi) is 4.37. The zero-order valence-corrected chi connectivity index (χ0v) is 12.6. The van der Waals surface area contributed by atoms with E-state index in [2.05, 4.69) is 70.9 Å². The molecular weight excluding hydrogens is 386 g/mol. The van der Waals surface area contributed by atoms with Gasteiger partial charge in [-0.25, -0.2) is 0 Å². The van der Waals surface area contributed by atoms with Crippen molar-refractivity contribution < 1.29 is 0 Å². The predicted molar refractivity (Wildman–Crippen MR) is 75.7 cm³/mol. The Labute approximate surface area is 109 Å². The molecule has 2 heteroatoms. The van der Waals surface area contributed by atoms with E-state index in [1.54, 1.807) is 0 Å². The van der Waals surface area contributed by atoms with Crippen molar-refractivity contribution in [2.24, 2.45) is 5.41 Å². The summed E-state index contributed by atoms with van der Waals surface area (Å²) < 4.78 is 1.19. The van der Waals surface area contributed by atoms with Crippen molar-refractivity contribution in [2.75, 3.05) is 4.43 Å². The highest BCUT2D eigenvalue weighted by atomic mass is 127. The first kappa shape index (κ1) is 12.1. The van der Waals surface area contributed by atoms with Gasteiger partial charge in [0.1, 0.15) is 0 Å². The molecule has 1 saturated carbocycles. The summed E-state index contributed by atoms with van der Waals surface area (Å²) in [4.78, 5) is 0. The van der Waals surface area contributed by atoms with Crippen molar-refractivity contribution in [1.82, 2.24) is 0 Å². The fourth-order valence-corrected chi connectivity index (χ4v) is 2.91. The molecule has 0 heterocycles. The van der Waals surface area contributed by atoms with Crippen LogP contribution < -0.4 is 0 Å². The average Bonchev–Trinajstić information content (AvgIpc) is 2.07. The number of hydrogen-bond donors (Lipinski definition) is 0. The van der Waals surface area contributed by atoms with E-state index in [9.17, 15) is 0 Å².